The van der Waals surface area contributed by atoms with E-state index in [0.29, 0.717) is 11.5 Å². The zero-order valence-corrected chi connectivity index (χ0v) is 11.7. The lowest BCUT2D eigenvalue weighted by Gasteiger charge is -2.43. The Balaban J connectivity index is 1.99. The molecule has 1 aliphatic heterocycles. The molecular formula is C14H28N2O. The van der Waals surface area contributed by atoms with Crippen LogP contribution in [0.3, 0.4) is 0 Å². The first-order valence-corrected chi connectivity index (χ1v) is 7.09. The van der Waals surface area contributed by atoms with Crippen LogP contribution in [-0.2, 0) is 0 Å². The average Bonchev–Trinajstić information content (AvgIpc) is 2.47. The van der Waals surface area contributed by atoms with Gasteiger partial charge in [0.15, 0.2) is 0 Å². The number of hydrogen-bond donors (Lipinski definition) is 1. The van der Waals surface area contributed by atoms with Crippen LogP contribution in [-0.4, -0.2) is 60.3 Å². The van der Waals surface area contributed by atoms with E-state index < -0.39 is 0 Å². The minimum atomic E-state index is -0.105. The summed E-state index contributed by atoms with van der Waals surface area (Å²) < 4.78 is 0. The fraction of sp³-hybridized carbons (Fsp3) is 1.00. The molecule has 1 saturated carbocycles. The van der Waals surface area contributed by atoms with Crippen LogP contribution in [0, 0.1) is 5.41 Å². The van der Waals surface area contributed by atoms with Gasteiger partial charge in [0.2, 0.25) is 0 Å². The highest BCUT2D eigenvalue weighted by atomic mass is 16.3. The van der Waals surface area contributed by atoms with Gasteiger partial charge in [-0.05, 0) is 51.2 Å². The predicted octanol–water partition coefficient (Wildman–Crippen LogP) is 1.56. The summed E-state index contributed by atoms with van der Waals surface area (Å²) in [6.07, 6.45) is 4.42. The summed E-state index contributed by atoms with van der Waals surface area (Å²) in [6, 6.07) is 0.394. The Morgan fingerprint density at radius 1 is 1.12 bits per heavy atom. The molecule has 2 fully saturated rings. The molecule has 0 spiro atoms. The second-order valence-corrected chi connectivity index (χ2v) is 6.73. The lowest BCUT2D eigenvalue weighted by atomic mass is 9.73. The summed E-state index contributed by atoms with van der Waals surface area (Å²) in [6.45, 7) is 9.30. The largest absolute Gasteiger partial charge is 0.391 e. The molecule has 3 nitrogen and oxygen atoms in total. The van der Waals surface area contributed by atoms with E-state index in [0.717, 1.165) is 32.5 Å². The quantitative estimate of drug-likeness (QED) is 0.753. The van der Waals surface area contributed by atoms with Crippen molar-refractivity contribution in [1.82, 2.24) is 9.80 Å². The maximum Gasteiger partial charge on any atom is 0.0695 e. The number of likely N-dealkylation sites (N-methyl/N-ethyl adjacent to an activating group) is 1. The second kappa shape index (κ2) is 5.25. The van der Waals surface area contributed by atoms with Crippen molar-refractivity contribution < 1.29 is 5.11 Å². The molecule has 2 rings (SSSR count). The van der Waals surface area contributed by atoms with Crippen LogP contribution in [0.5, 0.6) is 0 Å². The maximum atomic E-state index is 10.3. The van der Waals surface area contributed by atoms with Crippen LogP contribution >= 0.6 is 0 Å². The van der Waals surface area contributed by atoms with E-state index in [1.807, 2.05) is 0 Å². The Hall–Kier alpha value is -0.120. The molecule has 0 amide bonds. The molecule has 0 radical (unpaired) electrons. The number of rotatable bonds is 1. The summed E-state index contributed by atoms with van der Waals surface area (Å²) >= 11 is 0. The van der Waals surface area contributed by atoms with Crippen molar-refractivity contribution >= 4 is 0 Å². The molecule has 0 bridgehead atoms. The average molecular weight is 240 g/mol. The van der Waals surface area contributed by atoms with Crippen molar-refractivity contribution in [3.8, 4) is 0 Å². The zero-order valence-electron chi connectivity index (χ0n) is 11.7. The summed E-state index contributed by atoms with van der Waals surface area (Å²) in [5, 5.41) is 10.3. The second-order valence-electron chi connectivity index (χ2n) is 6.73. The van der Waals surface area contributed by atoms with Crippen LogP contribution in [0.15, 0.2) is 0 Å². The van der Waals surface area contributed by atoms with E-state index in [2.05, 4.69) is 30.7 Å². The van der Waals surface area contributed by atoms with Gasteiger partial charge in [-0.1, -0.05) is 13.8 Å². The van der Waals surface area contributed by atoms with E-state index in [4.69, 9.17) is 0 Å². The fourth-order valence-corrected chi connectivity index (χ4v) is 3.31. The number of hydrogen-bond acceptors (Lipinski definition) is 3. The van der Waals surface area contributed by atoms with Gasteiger partial charge in [-0.15, -0.1) is 0 Å². The summed E-state index contributed by atoms with van der Waals surface area (Å²) in [4.78, 5) is 4.94. The Morgan fingerprint density at radius 3 is 2.65 bits per heavy atom. The van der Waals surface area contributed by atoms with Crippen LogP contribution in [0.4, 0.5) is 0 Å². The maximum absolute atomic E-state index is 10.3. The Morgan fingerprint density at radius 2 is 1.88 bits per heavy atom. The molecular weight excluding hydrogens is 212 g/mol. The summed E-state index contributed by atoms with van der Waals surface area (Å²) in [5.41, 5.74) is 0.405. The Kier molecular flexibility index (Phi) is 4.11. The van der Waals surface area contributed by atoms with Crippen molar-refractivity contribution in [3.63, 3.8) is 0 Å². The highest BCUT2D eigenvalue weighted by molar-refractivity contribution is 4.91. The predicted molar refractivity (Wildman–Crippen MR) is 71.1 cm³/mol. The first kappa shape index (κ1) is 13.3. The minimum absolute atomic E-state index is 0.105. The molecule has 1 saturated heterocycles. The molecule has 1 N–H and O–H groups in total. The van der Waals surface area contributed by atoms with Gasteiger partial charge in [0.1, 0.15) is 0 Å². The van der Waals surface area contributed by atoms with E-state index in [1.165, 1.54) is 19.4 Å². The van der Waals surface area contributed by atoms with Crippen LogP contribution in [0.1, 0.15) is 39.5 Å². The van der Waals surface area contributed by atoms with Crippen molar-refractivity contribution in [2.24, 2.45) is 5.41 Å². The van der Waals surface area contributed by atoms with Crippen molar-refractivity contribution in [1.29, 1.82) is 0 Å². The molecule has 2 unspecified atom stereocenters. The van der Waals surface area contributed by atoms with Crippen LogP contribution in [0.2, 0.25) is 0 Å². The third-order valence-electron chi connectivity index (χ3n) is 4.55. The summed E-state index contributed by atoms with van der Waals surface area (Å²) in [7, 11) is 2.20. The Labute approximate surface area is 106 Å². The van der Waals surface area contributed by atoms with E-state index in [9.17, 15) is 5.11 Å². The fourth-order valence-electron chi connectivity index (χ4n) is 3.31. The van der Waals surface area contributed by atoms with Gasteiger partial charge < -0.3 is 10.0 Å². The smallest absolute Gasteiger partial charge is 0.0695 e. The number of aliphatic hydroxyl groups excluding tert-OH is 1. The van der Waals surface area contributed by atoms with E-state index >= 15 is 0 Å². The zero-order chi connectivity index (χ0) is 12.5. The first-order valence-electron chi connectivity index (χ1n) is 7.09. The lowest BCUT2D eigenvalue weighted by molar-refractivity contribution is -0.0155. The highest BCUT2D eigenvalue weighted by Gasteiger charge is 2.37. The van der Waals surface area contributed by atoms with Crippen molar-refractivity contribution in [3.05, 3.63) is 0 Å². The molecule has 0 aromatic rings. The standard InChI is InChI=1S/C14H28N2O/c1-14(2)6-5-13(17)12(11-14)16-8-4-7-15(3)9-10-16/h12-13,17H,4-11H2,1-3H3. The molecule has 17 heavy (non-hydrogen) atoms. The van der Waals surface area contributed by atoms with E-state index in [-0.39, 0.29) is 6.10 Å². The molecule has 100 valence electrons. The van der Waals surface area contributed by atoms with Crippen LogP contribution in [0.25, 0.3) is 0 Å². The third kappa shape index (κ3) is 3.43. The summed E-state index contributed by atoms with van der Waals surface area (Å²) in [5.74, 6) is 0. The van der Waals surface area contributed by atoms with Gasteiger partial charge in [-0.3, -0.25) is 4.90 Å². The van der Waals surface area contributed by atoms with Gasteiger partial charge in [0.25, 0.3) is 0 Å². The lowest BCUT2D eigenvalue weighted by Crippen LogP contribution is -2.50. The van der Waals surface area contributed by atoms with Gasteiger partial charge in [0.05, 0.1) is 6.10 Å². The Bertz CT molecular complexity index is 255. The van der Waals surface area contributed by atoms with Gasteiger partial charge in [-0.25, -0.2) is 0 Å². The van der Waals surface area contributed by atoms with Crippen LogP contribution < -0.4 is 0 Å². The number of nitrogens with zero attached hydrogens (tertiary/aromatic N) is 2. The molecule has 0 aromatic heterocycles. The van der Waals surface area contributed by atoms with Gasteiger partial charge in [-0.2, -0.15) is 0 Å². The molecule has 0 aromatic carbocycles. The molecule has 3 heteroatoms. The minimum Gasteiger partial charge on any atom is -0.391 e. The molecule has 2 aliphatic rings. The topological polar surface area (TPSA) is 26.7 Å². The van der Waals surface area contributed by atoms with E-state index in [1.54, 1.807) is 0 Å². The SMILES string of the molecule is CN1CCCN(C2CC(C)(C)CCC2O)CC1. The molecule has 1 aliphatic carbocycles. The van der Waals surface area contributed by atoms with Crippen molar-refractivity contribution in [2.75, 3.05) is 33.2 Å². The van der Waals surface area contributed by atoms with Gasteiger partial charge >= 0.3 is 0 Å². The third-order valence-corrected chi connectivity index (χ3v) is 4.55. The number of aliphatic hydroxyl groups is 1. The highest BCUT2D eigenvalue weighted by Crippen LogP contribution is 2.37. The molecule has 2 atom stereocenters. The normalized spacial score (nSPS) is 36.7. The monoisotopic (exact) mass is 240 g/mol. The van der Waals surface area contributed by atoms with Gasteiger partial charge in [0, 0.05) is 19.1 Å². The molecule has 1 heterocycles. The first-order chi connectivity index (χ1) is 7.98. The van der Waals surface area contributed by atoms with Crippen molar-refractivity contribution in [2.45, 2.75) is 51.7 Å².